The molecule has 0 bridgehead atoms. The predicted octanol–water partition coefficient (Wildman–Crippen LogP) is 2.42. The van der Waals surface area contributed by atoms with E-state index >= 15 is 0 Å². The Morgan fingerprint density at radius 3 is 2.64 bits per heavy atom. The molecular weight excluding hydrogens is 176 g/mol. The Morgan fingerprint density at radius 1 is 1.29 bits per heavy atom. The largest absolute Gasteiger partial charge is 0.373 e. The Bertz CT molecular complexity index is 327. The van der Waals surface area contributed by atoms with E-state index in [0.717, 1.165) is 5.56 Å². The molecule has 2 heteroatoms. The van der Waals surface area contributed by atoms with Crippen LogP contribution in [0, 0.1) is 6.92 Å². The average molecular weight is 190 g/mol. The molecule has 2 nitrogen and oxygen atoms in total. The molecule has 1 fully saturated rings. The van der Waals surface area contributed by atoms with E-state index in [2.05, 4.69) is 19.1 Å². The number of ketones is 1. The lowest BCUT2D eigenvalue weighted by molar-refractivity contribution is -0.128. The molecule has 0 aromatic heterocycles. The van der Waals surface area contributed by atoms with Crippen LogP contribution in [0.3, 0.4) is 0 Å². The molecule has 1 aromatic carbocycles. The second kappa shape index (κ2) is 3.93. The smallest absolute Gasteiger partial charge is 0.138 e. The number of hydrogen-bond acceptors (Lipinski definition) is 2. The van der Waals surface area contributed by atoms with Crippen LogP contribution < -0.4 is 0 Å². The van der Waals surface area contributed by atoms with Crippen LogP contribution in [0.25, 0.3) is 0 Å². The van der Waals surface area contributed by atoms with Crippen molar-refractivity contribution >= 4 is 5.78 Å². The Labute approximate surface area is 83.9 Å². The highest BCUT2D eigenvalue weighted by Gasteiger charge is 2.21. The summed E-state index contributed by atoms with van der Waals surface area (Å²) in [6.07, 6.45) is 1.09. The SMILES string of the molecule is Cc1ccc([C@H]2CC(=O)CCO2)cc1. The molecule has 1 saturated heterocycles. The first kappa shape index (κ1) is 9.41. The zero-order valence-corrected chi connectivity index (χ0v) is 8.32. The van der Waals surface area contributed by atoms with Crippen LogP contribution in [0.15, 0.2) is 24.3 Å². The number of Topliss-reactive ketones (excluding diaryl/α,β-unsaturated/α-hetero) is 1. The molecule has 0 unspecified atom stereocenters. The van der Waals surface area contributed by atoms with Gasteiger partial charge in [-0.1, -0.05) is 29.8 Å². The maximum atomic E-state index is 11.2. The van der Waals surface area contributed by atoms with E-state index in [0.29, 0.717) is 25.2 Å². The predicted molar refractivity (Wildman–Crippen MR) is 54.1 cm³/mol. The summed E-state index contributed by atoms with van der Waals surface area (Å²) in [5, 5.41) is 0. The van der Waals surface area contributed by atoms with Crippen molar-refractivity contribution < 1.29 is 9.53 Å². The van der Waals surface area contributed by atoms with Crippen LogP contribution in [0.5, 0.6) is 0 Å². The van der Waals surface area contributed by atoms with Gasteiger partial charge in [-0.3, -0.25) is 4.79 Å². The molecule has 0 amide bonds. The van der Waals surface area contributed by atoms with Crippen molar-refractivity contribution in [3.63, 3.8) is 0 Å². The number of hydrogen-bond donors (Lipinski definition) is 0. The number of ether oxygens (including phenoxy) is 1. The molecule has 1 aliphatic heterocycles. The third-order valence-corrected chi connectivity index (χ3v) is 2.56. The molecule has 1 atom stereocenters. The van der Waals surface area contributed by atoms with E-state index in [1.54, 1.807) is 0 Å². The van der Waals surface area contributed by atoms with Crippen molar-refractivity contribution in [3.8, 4) is 0 Å². The lowest BCUT2D eigenvalue weighted by atomic mass is 10.00. The standard InChI is InChI=1S/C12H14O2/c1-9-2-4-10(5-3-9)12-8-11(13)6-7-14-12/h2-5,12H,6-8H2,1H3/t12-/m1/s1. The fourth-order valence-electron chi connectivity index (χ4n) is 1.68. The second-order valence-corrected chi connectivity index (χ2v) is 3.76. The van der Waals surface area contributed by atoms with E-state index in [1.165, 1.54) is 5.56 Å². The van der Waals surface area contributed by atoms with Crippen molar-refractivity contribution in [2.75, 3.05) is 6.61 Å². The van der Waals surface area contributed by atoms with Crippen molar-refractivity contribution in [1.82, 2.24) is 0 Å². The molecule has 0 radical (unpaired) electrons. The molecule has 0 spiro atoms. The fourth-order valence-corrected chi connectivity index (χ4v) is 1.68. The molecule has 1 heterocycles. The highest BCUT2D eigenvalue weighted by atomic mass is 16.5. The number of aryl methyl sites for hydroxylation is 1. The summed E-state index contributed by atoms with van der Waals surface area (Å²) in [5.74, 6) is 0.307. The number of rotatable bonds is 1. The van der Waals surface area contributed by atoms with Gasteiger partial charge in [-0.05, 0) is 12.5 Å². The molecule has 2 rings (SSSR count). The lowest BCUT2D eigenvalue weighted by Gasteiger charge is -2.22. The van der Waals surface area contributed by atoms with E-state index < -0.39 is 0 Å². The molecule has 0 aliphatic carbocycles. The van der Waals surface area contributed by atoms with E-state index in [-0.39, 0.29) is 6.10 Å². The number of carbonyl (C=O) groups excluding carboxylic acids is 1. The first-order valence-corrected chi connectivity index (χ1v) is 4.95. The topological polar surface area (TPSA) is 26.3 Å². The molecule has 0 N–H and O–H groups in total. The molecule has 74 valence electrons. The monoisotopic (exact) mass is 190 g/mol. The van der Waals surface area contributed by atoms with Gasteiger partial charge in [0, 0.05) is 12.8 Å². The van der Waals surface area contributed by atoms with Gasteiger partial charge < -0.3 is 4.74 Å². The van der Waals surface area contributed by atoms with Gasteiger partial charge >= 0.3 is 0 Å². The summed E-state index contributed by atoms with van der Waals surface area (Å²) in [7, 11) is 0. The first-order valence-electron chi connectivity index (χ1n) is 4.95. The Balaban J connectivity index is 2.14. The van der Waals surface area contributed by atoms with Gasteiger partial charge in [0.2, 0.25) is 0 Å². The van der Waals surface area contributed by atoms with Gasteiger partial charge in [0.05, 0.1) is 12.7 Å². The molecular formula is C12H14O2. The quantitative estimate of drug-likeness (QED) is 0.679. The van der Waals surface area contributed by atoms with Crippen molar-refractivity contribution in [3.05, 3.63) is 35.4 Å². The maximum absolute atomic E-state index is 11.2. The summed E-state index contributed by atoms with van der Waals surface area (Å²) in [6, 6.07) is 8.19. The van der Waals surface area contributed by atoms with Crippen LogP contribution in [-0.4, -0.2) is 12.4 Å². The van der Waals surface area contributed by atoms with Gasteiger partial charge in [-0.25, -0.2) is 0 Å². The average Bonchev–Trinajstić information content (AvgIpc) is 2.19. The first-order chi connectivity index (χ1) is 6.75. The summed E-state index contributed by atoms with van der Waals surface area (Å²) >= 11 is 0. The molecule has 14 heavy (non-hydrogen) atoms. The number of benzene rings is 1. The summed E-state index contributed by atoms with van der Waals surface area (Å²) < 4.78 is 5.55. The summed E-state index contributed by atoms with van der Waals surface area (Å²) in [6.45, 7) is 2.62. The summed E-state index contributed by atoms with van der Waals surface area (Å²) in [5.41, 5.74) is 2.35. The normalized spacial score (nSPS) is 22.4. The van der Waals surface area contributed by atoms with Crippen LogP contribution in [0.2, 0.25) is 0 Å². The minimum absolute atomic E-state index is 0.0168. The molecule has 1 aliphatic rings. The maximum Gasteiger partial charge on any atom is 0.138 e. The van der Waals surface area contributed by atoms with Crippen LogP contribution in [0.4, 0.5) is 0 Å². The van der Waals surface area contributed by atoms with E-state index in [9.17, 15) is 4.79 Å². The van der Waals surface area contributed by atoms with Gasteiger partial charge in [0.1, 0.15) is 5.78 Å². The van der Waals surface area contributed by atoms with Crippen molar-refractivity contribution in [1.29, 1.82) is 0 Å². The highest BCUT2D eigenvalue weighted by Crippen LogP contribution is 2.25. The van der Waals surface area contributed by atoms with Crippen LogP contribution in [-0.2, 0) is 9.53 Å². The molecule has 0 saturated carbocycles. The van der Waals surface area contributed by atoms with Gasteiger partial charge in [-0.15, -0.1) is 0 Å². The van der Waals surface area contributed by atoms with Gasteiger partial charge in [-0.2, -0.15) is 0 Å². The fraction of sp³-hybridized carbons (Fsp3) is 0.417. The molecule has 1 aromatic rings. The van der Waals surface area contributed by atoms with E-state index in [1.807, 2.05) is 12.1 Å². The number of carbonyl (C=O) groups is 1. The Morgan fingerprint density at radius 2 is 2.00 bits per heavy atom. The van der Waals surface area contributed by atoms with Gasteiger partial charge in [0.25, 0.3) is 0 Å². The Kier molecular flexibility index (Phi) is 2.64. The van der Waals surface area contributed by atoms with E-state index in [4.69, 9.17) is 4.74 Å². The minimum atomic E-state index is -0.0168. The highest BCUT2D eigenvalue weighted by molar-refractivity contribution is 5.79. The summed E-state index contributed by atoms with van der Waals surface area (Å²) in [4.78, 5) is 11.2. The zero-order chi connectivity index (χ0) is 9.97. The lowest BCUT2D eigenvalue weighted by Crippen LogP contribution is -2.19. The third kappa shape index (κ3) is 2.02. The van der Waals surface area contributed by atoms with Crippen LogP contribution >= 0.6 is 0 Å². The minimum Gasteiger partial charge on any atom is -0.373 e. The van der Waals surface area contributed by atoms with Gasteiger partial charge in [0.15, 0.2) is 0 Å². The van der Waals surface area contributed by atoms with Crippen molar-refractivity contribution in [2.24, 2.45) is 0 Å². The second-order valence-electron chi connectivity index (χ2n) is 3.76. The van der Waals surface area contributed by atoms with Crippen LogP contribution in [0.1, 0.15) is 30.1 Å². The Hall–Kier alpha value is -1.15. The van der Waals surface area contributed by atoms with Crippen molar-refractivity contribution in [2.45, 2.75) is 25.9 Å². The zero-order valence-electron chi connectivity index (χ0n) is 8.32. The third-order valence-electron chi connectivity index (χ3n) is 2.56.